The fraction of sp³-hybridized carbons (Fsp3) is 0. The van der Waals surface area contributed by atoms with E-state index < -0.39 is 45.3 Å². The summed E-state index contributed by atoms with van der Waals surface area (Å²) in [4.78, 5) is 9.98. The standard InChI is InChI=1S/C32H10F2N6/c1-38-20(15-36)25-22(17-10-6-4-7-11-17)19(14-35)24-27(25)31(34)29-28(30(24)33)26(21(16-37)39-2)23(32(29)40-3)18-12-8-5-9-13-18/h4-13H/b25-20-,26-21+. The largest absolute Gasteiger partial charge is 0.270 e. The fourth-order valence-electron chi connectivity index (χ4n) is 5.11. The van der Waals surface area contributed by atoms with Crippen molar-refractivity contribution in [3.05, 3.63) is 151 Å². The molecule has 0 fully saturated rings. The first kappa shape index (κ1) is 25.1. The van der Waals surface area contributed by atoms with Crippen LogP contribution in [0.1, 0.15) is 33.4 Å². The van der Waals surface area contributed by atoms with E-state index in [1.165, 1.54) is 0 Å². The first-order valence-corrected chi connectivity index (χ1v) is 11.5. The Morgan fingerprint density at radius 3 is 1.52 bits per heavy atom. The van der Waals surface area contributed by atoms with Gasteiger partial charge in [0.15, 0.2) is 0 Å². The average Bonchev–Trinajstić information content (AvgIpc) is 3.53. The van der Waals surface area contributed by atoms with Crippen molar-refractivity contribution in [3.8, 4) is 18.2 Å². The zero-order chi connectivity index (χ0) is 28.6. The third-order valence-corrected chi connectivity index (χ3v) is 6.61. The third-order valence-electron chi connectivity index (χ3n) is 6.61. The molecule has 0 atom stereocenters. The molecule has 3 aromatic rings. The van der Waals surface area contributed by atoms with Gasteiger partial charge in [-0.15, -0.1) is 0 Å². The molecule has 0 heterocycles. The smallest absolute Gasteiger partial charge is 0.237 e. The SMILES string of the molecule is [C-]#[N+]C1=C(c2ccccc2)/C(=C(/C#N)[N+]#[C-])c2c(F)c3c(c(F)c21)/C(=C(/C#N)[N+]#[C-])C(c1ccccc1)=C3C#N. The molecule has 0 aromatic heterocycles. The first-order chi connectivity index (χ1) is 19.5. The van der Waals surface area contributed by atoms with Gasteiger partial charge in [-0.1, -0.05) is 60.7 Å². The highest BCUT2D eigenvalue weighted by Crippen LogP contribution is 2.57. The van der Waals surface area contributed by atoms with Crippen LogP contribution in [0.3, 0.4) is 0 Å². The molecule has 6 nitrogen and oxygen atoms in total. The minimum Gasteiger partial charge on any atom is -0.237 e. The van der Waals surface area contributed by atoms with E-state index in [-0.39, 0.29) is 33.6 Å². The van der Waals surface area contributed by atoms with Crippen molar-refractivity contribution in [2.75, 3.05) is 0 Å². The van der Waals surface area contributed by atoms with Gasteiger partial charge in [-0.25, -0.2) is 33.8 Å². The molecule has 0 spiro atoms. The Hall–Kier alpha value is -6.58. The number of allylic oxidation sites excluding steroid dienone is 7. The molecule has 3 aromatic carbocycles. The zero-order valence-corrected chi connectivity index (χ0v) is 20.2. The van der Waals surface area contributed by atoms with Crippen LogP contribution < -0.4 is 0 Å². The molecule has 5 rings (SSSR count). The van der Waals surface area contributed by atoms with Crippen molar-refractivity contribution in [1.82, 2.24) is 0 Å². The summed E-state index contributed by atoms with van der Waals surface area (Å²) in [5, 5.41) is 29.8. The van der Waals surface area contributed by atoms with E-state index in [4.69, 9.17) is 19.7 Å². The van der Waals surface area contributed by atoms with Crippen molar-refractivity contribution < 1.29 is 8.78 Å². The van der Waals surface area contributed by atoms with Gasteiger partial charge in [0, 0.05) is 27.8 Å². The van der Waals surface area contributed by atoms with E-state index in [1.54, 1.807) is 72.8 Å². The van der Waals surface area contributed by atoms with Gasteiger partial charge < -0.3 is 0 Å². The third kappa shape index (κ3) is 3.33. The summed E-state index contributed by atoms with van der Waals surface area (Å²) in [7, 11) is 0. The lowest BCUT2D eigenvalue weighted by molar-refractivity contribution is 0.590. The van der Waals surface area contributed by atoms with Crippen molar-refractivity contribution in [2.24, 2.45) is 0 Å². The number of halogens is 2. The Morgan fingerprint density at radius 2 is 1.07 bits per heavy atom. The average molecular weight is 516 g/mol. The maximum Gasteiger partial charge on any atom is 0.270 e. The minimum absolute atomic E-state index is 0.0000339. The van der Waals surface area contributed by atoms with E-state index >= 15 is 8.78 Å². The molecule has 0 N–H and O–H groups in total. The summed E-state index contributed by atoms with van der Waals surface area (Å²) >= 11 is 0. The number of benzene rings is 3. The lowest BCUT2D eigenvalue weighted by Gasteiger charge is -2.15. The molecule has 0 radical (unpaired) electrons. The number of nitriles is 3. The molecular formula is C32H10F2N6. The molecule has 8 heteroatoms. The normalized spacial score (nSPS) is 15.5. The predicted octanol–water partition coefficient (Wildman–Crippen LogP) is 7.52. The summed E-state index contributed by atoms with van der Waals surface area (Å²) in [5.41, 5.74) is -3.56. The van der Waals surface area contributed by atoms with Crippen molar-refractivity contribution >= 4 is 33.6 Å². The second kappa shape index (κ2) is 9.71. The van der Waals surface area contributed by atoms with Gasteiger partial charge in [-0.3, -0.25) is 0 Å². The summed E-state index contributed by atoms with van der Waals surface area (Å²) in [6.45, 7) is 23.0. The number of fused-ring (bicyclic) bond motifs is 2. The highest BCUT2D eigenvalue weighted by Gasteiger charge is 2.43. The van der Waals surface area contributed by atoms with Crippen molar-refractivity contribution in [2.45, 2.75) is 0 Å². The Morgan fingerprint density at radius 1 is 0.625 bits per heavy atom. The van der Waals surface area contributed by atoms with Gasteiger partial charge in [-0.2, -0.15) is 5.26 Å². The molecule has 182 valence electrons. The van der Waals surface area contributed by atoms with Gasteiger partial charge in [0.25, 0.3) is 11.4 Å². The lowest BCUT2D eigenvalue weighted by atomic mass is 9.90. The molecular weight excluding hydrogens is 506 g/mol. The number of hydrogen-bond donors (Lipinski definition) is 0. The molecule has 2 aliphatic rings. The van der Waals surface area contributed by atoms with E-state index in [9.17, 15) is 15.8 Å². The topological polar surface area (TPSA) is 84.4 Å². The van der Waals surface area contributed by atoms with Crippen LogP contribution in [0.2, 0.25) is 0 Å². The van der Waals surface area contributed by atoms with Gasteiger partial charge in [-0.05, 0) is 27.8 Å². The zero-order valence-electron chi connectivity index (χ0n) is 20.2. The van der Waals surface area contributed by atoms with E-state index in [0.29, 0.717) is 11.1 Å². The Labute approximate surface area is 227 Å². The molecule has 0 bridgehead atoms. The van der Waals surface area contributed by atoms with E-state index in [2.05, 4.69) is 14.5 Å². The quantitative estimate of drug-likeness (QED) is 0.261. The van der Waals surface area contributed by atoms with Gasteiger partial charge in [0.2, 0.25) is 5.70 Å². The van der Waals surface area contributed by atoms with Gasteiger partial charge in [0.1, 0.15) is 17.7 Å². The van der Waals surface area contributed by atoms with Crippen LogP contribution in [0.25, 0.3) is 48.1 Å². The highest BCUT2D eigenvalue weighted by atomic mass is 19.1. The molecule has 40 heavy (non-hydrogen) atoms. The highest BCUT2D eigenvalue weighted by molar-refractivity contribution is 6.29. The summed E-state index contributed by atoms with van der Waals surface area (Å²) in [6.07, 6.45) is 0. The monoisotopic (exact) mass is 516 g/mol. The maximum atomic E-state index is 16.8. The van der Waals surface area contributed by atoms with Crippen molar-refractivity contribution in [3.63, 3.8) is 0 Å². The number of hydrogen-bond acceptors (Lipinski definition) is 3. The van der Waals surface area contributed by atoms with E-state index in [0.717, 1.165) is 0 Å². The van der Waals surface area contributed by atoms with Crippen molar-refractivity contribution in [1.29, 1.82) is 15.8 Å². The summed E-state index contributed by atoms with van der Waals surface area (Å²) in [5.74, 6) is -2.26. The Bertz CT molecular complexity index is 1870. The van der Waals surface area contributed by atoms with Gasteiger partial charge in [0.05, 0.1) is 37.4 Å². The first-order valence-electron chi connectivity index (χ1n) is 11.5. The molecule has 0 saturated carbocycles. The minimum atomic E-state index is -1.13. The van der Waals surface area contributed by atoms with Crippen LogP contribution in [0.4, 0.5) is 8.78 Å². The molecule has 0 amide bonds. The van der Waals surface area contributed by atoms with Crippen LogP contribution in [-0.4, -0.2) is 0 Å². The number of rotatable bonds is 2. The maximum absolute atomic E-state index is 16.8. The fourth-order valence-corrected chi connectivity index (χ4v) is 5.11. The van der Waals surface area contributed by atoms with E-state index in [1.807, 2.05) is 6.07 Å². The summed E-state index contributed by atoms with van der Waals surface area (Å²) < 4.78 is 33.6. The second-order valence-electron chi connectivity index (χ2n) is 8.45. The molecule has 0 unspecified atom stereocenters. The lowest BCUT2D eigenvalue weighted by Crippen LogP contribution is -2.04. The Kier molecular flexibility index (Phi) is 6.09. The molecule has 0 aliphatic heterocycles. The van der Waals surface area contributed by atoms with Crippen LogP contribution >= 0.6 is 0 Å². The molecule has 0 saturated heterocycles. The Balaban J connectivity index is 2.05. The second-order valence-corrected chi connectivity index (χ2v) is 8.45. The summed E-state index contributed by atoms with van der Waals surface area (Å²) in [6, 6.07) is 21.6. The number of nitrogens with zero attached hydrogens (tertiary/aromatic N) is 6. The van der Waals surface area contributed by atoms with Crippen LogP contribution in [0.5, 0.6) is 0 Å². The van der Waals surface area contributed by atoms with Crippen LogP contribution in [0.15, 0.2) is 72.1 Å². The van der Waals surface area contributed by atoms with Crippen LogP contribution in [-0.2, 0) is 0 Å². The van der Waals surface area contributed by atoms with Crippen LogP contribution in [0, 0.1) is 65.3 Å². The predicted molar refractivity (Wildman–Crippen MR) is 143 cm³/mol. The molecule has 2 aliphatic carbocycles. The van der Waals surface area contributed by atoms with Gasteiger partial charge >= 0.3 is 0 Å².